The molecule has 0 aliphatic heterocycles. The van der Waals surface area contributed by atoms with Crippen LogP contribution >= 0.6 is 15.9 Å². The molecule has 0 aliphatic rings. The van der Waals surface area contributed by atoms with Crippen LogP contribution in [0.25, 0.3) is 0 Å². The van der Waals surface area contributed by atoms with E-state index in [-0.39, 0.29) is 10.6 Å². The molecule has 0 unspecified atom stereocenters. The van der Waals surface area contributed by atoms with Crippen molar-refractivity contribution in [3.05, 3.63) is 46.4 Å². The van der Waals surface area contributed by atoms with Crippen molar-refractivity contribution in [1.82, 2.24) is 0 Å². The van der Waals surface area contributed by atoms with Gasteiger partial charge in [0.2, 0.25) is 0 Å². The maximum absolute atomic E-state index is 11.6. The average Bonchev–Trinajstić information content (AvgIpc) is 2.35. The minimum Gasteiger partial charge on any atom is -0.396 e. The summed E-state index contributed by atoms with van der Waals surface area (Å²) in [5, 5.41) is 3.14. The number of nitrogen functional groups attached to an aromatic ring is 1. The quantitative estimate of drug-likeness (QED) is 0.827. The average molecular weight is 355 g/mol. The molecule has 4 nitrogen and oxygen atoms in total. The minimum atomic E-state index is -3.34. The fraction of sp³-hybridized carbons (Fsp3) is 0.143. The molecule has 0 heterocycles. The van der Waals surface area contributed by atoms with Gasteiger partial charge in [0.05, 0.1) is 16.3 Å². The summed E-state index contributed by atoms with van der Waals surface area (Å²) in [7, 11) is -3.34. The lowest BCUT2D eigenvalue weighted by Gasteiger charge is -2.13. The fourth-order valence-electron chi connectivity index (χ4n) is 1.85. The van der Waals surface area contributed by atoms with Crippen LogP contribution in [0.2, 0.25) is 0 Å². The predicted octanol–water partition coefficient (Wildman–Crippen LogP) is 3.49. The third kappa shape index (κ3) is 3.13. The van der Waals surface area contributed by atoms with E-state index in [0.29, 0.717) is 5.69 Å². The Balaban J connectivity index is 2.42. The van der Waals surface area contributed by atoms with E-state index in [0.717, 1.165) is 22.0 Å². The molecule has 0 radical (unpaired) electrons. The third-order valence-corrected chi connectivity index (χ3v) is 4.95. The van der Waals surface area contributed by atoms with E-state index in [1.54, 1.807) is 12.1 Å². The number of nitrogens with one attached hydrogen (secondary N) is 1. The molecule has 2 aromatic carbocycles. The highest BCUT2D eigenvalue weighted by Gasteiger charge is 2.14. The van der Waals surface area contributed by atoms with E-state index in [1.165, 1.54) is 6.07 Å². The van der Waals surface area contributed by atoms with Crippen LogP contribution in [-0.2, 0) is 9.84 Å². The molecule has 0 aromatic heterocycles. The second-order valence-corrected chi connectivity index (χ2v) is 7.42. The Bertz CT molecular complexity index is 758. The molecule has 0 amide bonds. The molecule has 0 spiro atoms. The van der Waals surface area contributed by atoms with E-state index in [2.05, 4.69) is 21.2 Å². The van der Waals surface area contributed by atoms with Crippen molar-refractivity contribution in [3.63, 3.8) is 0 Å². The number of hydrogen-bond donors (Lipinski definition) is 2. The van der Waals surface area contributed by atoms with Crippen LogP contribution < -0.4 is 11.1 Å². The molecule has 3 N–H and O–H groups in total. The van der Waals surface area contributed by atoms with E-state index >= 15 is 0 Å². The molecule has 2 aromatic rings. The smallest absolute Gasteiger partial charge is 0.177 e. The van der Waals surface area contributed by atoms with E-state index in [1.807, 2.05) is 25.1 Å². The minimum absolute atomic E-state index is 0.135. The van der Waals surface area contributed by atoms with Gasteiger partial charge in [-0.2, -0.15) is 0 Å². The van der Waals surface area contributed by atoms with E-state index in [4.69, 9.17) is 5.73 Å². The maximum Gasteiger partial charge on any atom is 0.177 e. The lowest BCUT2D eigenvalue weighted by atomic mass is 10.2. The third-order valence-electron chi connectivity index (χ3n) is 2.90. The largest absolute Gasteiger partial charge is 0.396 e. The van der Waals surface area contributed by atoms with Gasteiger partial charge in [-0.05, 0) is 42.8 Å². The molecular weight excluding hydrogens is 340 g/mol. The summed E-state index contributed by atoms with van der Waals surface area (Å²) in [5.74, 6) is 0. The second kappa shape index (κ2) is 5.46. The number of benzene rings is 2. The molecule has 106 valence electrons. The summed E-state index contributed by atoms with van der Waals surface area (Å²) in [6.45, 7) is 1.98. The van der Waals surface area contributed by atoms with Crippen molar-refractivity contribution in [2.24, 2.45) is 0 Å². The van der Waals surface area contributed by atoms with Crippen molar-refractivity contribution < 1.29 is 8.42 Å². The molecule has 0 atom stereocenters. The zero-order valence-electron chi connectivity index (χ0n) is 11.1. The predicted molar refractivity (Wildman–Crippen MR) is 86.1 cm³/mol. The highest BCUT2D eigenvalue weighted by Crippen LogP contribution is 2.30. The summed E-state index contributed by atoms with van der Waals surface area (Å²) in [4.78, 5) is 0.135. The summed E-state index contributed by atoms with van der Waals surface area (Å²) < 4.78 is 24.3. The van der Waals surface area contributed by atoms with Crippen LogP contribution in [0.15, 0.2) is 45.8 Å². The van der Waals surface area contributed by atoms with Crippen LogP contribution in [0.3, 0.4) is 0 Å². The van der Waals surface area contributed by atoms with Crippen LogP contribution in [0, 0.1) is 6.92 Å². The van der Waals surface area contributed by atoms with Gasteiger partial charge in [-0.3, -0.25) is 0 Å². The standard InChI is InChI=1S/C14H15BrN2O2S/c1-9-8-10(6-7-11(9)15)17-12-4-3-5-13(14(12)16)20(2,18)19/h3-8,17H,16H2,1-2H3. The molecule has 2 rings (SSSR count). The molecular formula is C14H15BrN2O2S. The van der Waals surface area contributed by atoms with E-state index in [9.17, 15) is 8.42 Å². The van der Waals surface area contributed by atoms with Crippen molar-refractivity contribution in [2.45, 2.75) is 11.8 Å². The van der Waals surface area contributed by atoms with Gasteiger partial charge in [-0.1, -0.05) is 22.0 Å². The lowest BCUT2D eigenvalue weighted by Crippen LogP contribution is -2.05. The normalized spacial score (nSPS) is 11.3. The highest BCUT2D eigenvalue weighted by molar-refractivity contribution is 9.10. The van der Waals surface area contributed by atoms with Gasteiger partial charge in [0.1, 0.15) is 0 Å². The zero-order chi connectivity index (χ0) is 14.9. The number of aryl methyl sites for hydroxylation is 1. The molecule has 0 bridgehead atoms. The Morgan fingerprint density at radius 2 is 1.90 bits per heavy atom. The van der Waals surface area contributed by atoms with Crippen LogP contribution in [0.4, 0.5) is 17.1 Å². The van der Waals surface area contributed by atoms with Gasteiger partial charge >= 0.3 is 0 Å². The Labute approximate surface area is 127 Å². The van der Waals surface area contributed by atoms with Crippen LogP contribution in [-0.4, -0.2) is 14.7 Å². The van der Waals surface area contributed by atoms with Gasteiger partial charge in [-0.15, -0.1) is 0 Å². The van der Waals surface area contributed by atoms with E-state index < -0.39 is 9.84 Å². The number of halogens is 1. The summed E-state index contributed by atoms with van der Waals surface area (Å²) in [6, 6.07) is 10.7. The van der Waals surface area contributed by atoms with Crippen molar-refractivity contribution >= 4 is 42.8 Å². The number of sulfone groups is 1. The highest BCUT2D eigenvalue weighted by atomic mass is 79.9. The monoisotopic (exact) mass is 354 g/mol. The Hall–Kier alpha value is -1.53. The Morgan fingerprint density at radius 3 is 2.50 bits per heavy atom. The summed E-state index contributed by atoms with van der Waals surface area (Å²) in [5.41, 5.74) is 8.67. The zero-order valence-corrected chi connectivity index (χ0v) is 13.5. The Morgan fingerprint density at radius 1 is 1.20 bits per heavy atom. The van der Waals surface area contributed by atoms with Crippen LogP contribution in [0.1, 0.15) is 5.56 Å². The first kappa shape index (κ1) is 14.9. The molecule has 0 saturated heterocycles. The number of para-hydroxylation sites is 1. The number of rotatable bonds is 3. The molecule has 6 heteroatoms. The van der Waals surface area contributed by atoms with Crippen molar-refractivity contribution in [3.8, 4) is 0 Å². The van der Waals surface area contributed by atoms with Crippen LogP contribution in [0.5, 0.6) is 0 Å². The van der Waals surface area contributed by atoms with Crippen molar-refractivity contribution in [1.29, 1.82) is 0 Å². The molecule has 0 aliphatic carbocycles. The maximum atomic E-state index is 11.6. The molecule has 0 saturated carbocycles. The van der Waals surface area contributed by atoms with Crippen molar-refractivity contribution in [2.75, 3.05) is 17.3 Å². The number of anilines is 3. The second-order valence-electron chi connectivity index (χ2n) is 4.58. The summed E-state index contributed by atoms with van der Waals surface area (Å²) >= 11 is 3.44. The Kier molecular flexibility index (Phi) is 4.06. The van der Waals surface area contributed by atoms with Gasteiger partial charge in [0.15, 0.2) is 9.84 Å². The first-order chi connectivity index (χ1) is 9.29. The lowest BCUT2D eigenvalue weighted by molar-refractivity contribution is 0.602. The topological polar surface area (TPSA) is 72.2 Å². The number of hydrogen-bond acceptors (Lipinski definition) is 4. The number of nitrogens with two attached hydrogens (primary N) is 1. The van der Waals surface area contributed by atoms with Gasteiger partial charge < -0.3 is 11.1 Å². The fourth-order valence-corrected chi connectivity index (χ4v) is 2.94. The van der Waals surface area contributed by atoms with Gasteiger partial charge in [-0.25, -0.2) is 8.42 Å². The first-order valence-electron chi connectivity index (χ1n) is 5.91. The SMILES string of the molecule is Cc1cc(Nc2cccc(S(C)(=O)=O)c2N)ccc1Br. The summed E-state index contributed by atoms with van der Waals surface area (Å²) in [6.07, 6.45) is 1.15. The van der Waals surface area contributed by atoms with Gasteiger partial charge in [0.25, 0.3) is 0 Å². The molecule has 20 heavy (non-hydrogen) atoms. The molecule has 0 fully saturated rings. The first-order valence-corrected chi connectivity index (χ1v) is 8.59. The van der Waals surface area contributed by atoms with Gasteiger partial charge in [0, 0.05) is 16.4 Å².